The minimum Gasteiger partial charge on any atom is -0.487 e. The third kappa shape index (κ3) is 4.62. The van der Waals surface area contributed by atoms with E-state index in [1.54, 1.807) is 24.3 Å². The summed E-state index contributed by atoms with van der Waals surface area (Å²) in [7, 11) is -3.53. The largest absolute Gasteiger partial charge is 0.487 e. The zero-order valence-corrected chi connectivity index (χ0v) is 19.1. The molecule has 2 aliphatic rings. The van der Waals surface area contributed by atoms with Crippen molar-refractivity contribution < 1.29 is 17.9 Å². The number of nitrogens with one attached hydrogen (secondary N) is 1. The SMILES string of the molecule is Cc1ccc(S(=O)(=O)N2CCC(C(=O)N[C@@H]3CC(C)(C)Oc4ccccc43)CC2)cc1. The predicted octanol–water partition coefficient (Wildman–Crippen LogP) is 3.81. The molecule has 6 nitrogen and oxygen atoms in total. The Morgan fingerprint density at radius 1 is 1.06 bits per heavy atom. The number of fused-ring (bicyclic) bond motifs is 1. The van der Waals surface area contributed by atoms with Crippen LogP contribution < -0.4 is 10.1 Å². The average molecular weight is 443 g/mol. The summed E-state index contributed by atoms with van der Waals surface area (Å²) in [6.45, 7) is 6.68. The van der Waals surface area contributed by atoms with Gasteiger partial charge >= 0.3 is 0 Å². The number of rotatable bonds is 4. The third-order valence-electron chi connectivity index (χ3n) is 6.18. The molecule has 4 rings (SSSR count). The first kappa shape index (κ1) is 21.8. The number of carbonyl (C=O) groups excluding carboxylic acids is 1. The highest BCUT2D eigenvalue weighted by Gasteiger charge is 2.37. The number of hydrogen-bond donors (Lipinski definition) is 1. The van der Waals surface area contributed by atoms with Crippen molar-refractivity contribution in [2.24, 2.45) is 5.92 Å². The zero-order valence-electron chi connectivity index (χ0n) is 18.3. The summed E-state index contributed by atoms with van der Waals surface area (Å²) in [5.41, 5.74) is 1.65. The maximum Gasteiger partial charge on any atom is 0.243 e. The van der Waals surface area contributed by atoms with Crippen LogP contribution in [-0.4, -0.2) is 37.3 Å². The zero-order chi connectivity index (χ0) is 22.2. The van der Waals surface area contributed by atoms with Gasteiger partial charge in [-0.2, -0.15) is 4.31 Å². The Bertz CT molecular complexity index is 1060. The molecule has 1 fully saturated rings. The molecule has 1 atom stereocenters. The van der Waals surface area contributed by atoms with E-state index in [0.29, 0.717) is 37.2 Å². The minimum absolute atomic E-state index is 0.00936. The Labute approximate surface area is 184 Å². The van der Waals surface area contributed by atoms with Crippen LogP contribution in [0.25, 0.3) is 0 Å². The first-order valence-electron chi connectivity index (χ1n) is 10.8. The summed E-state index contributed by atoms with van der Waals surface area (Å²) in [6, 6.07) is 14.6. The molecule has 0 aromatic heterocycles. The number of sulfonamides is 1. The lowest BCUT2D eigenvalue weighted by Gasteiger charge is -2.39. The molecule has 0 saturated carbocycles. The Hall–Kier alpha value is -2.38. The van der Waals surface area contributed by atoms with E-state index in [0.717, 1.165) is 16.9 Å². The maximum atomic E-state index is 13.0. The molecule has 0 unspecified atom stereocenters. The summed E-state index contributed by atoms with van der Waals surface area (Å²) in [4.78, 5) is 13.3. The van der Waals surface area contributed by atoms with Gasteiger partial charge in [0.2, 0.25) is 15.9 Å². The average Bonchev–Trinajstić information content (AvgIpc) is 2.73. The third-order valence-corrected chi connectivity index (χ3v) is 8.09. The molecule has 0 bridgehead atoms. The molecule has 0 aliphatic carbocycles. The molecule has 7 heteroatoms. The summed E-state index contributed by atoms with van der Waals surface area (Å²) >= 11 is 0. The van der Waals surface area contributed by atoms with Crippen molar-refractivity contribution in [3.63, 3.8) is 0 Å². The summed E-state index contributed by atoms with van der Waals surface area (Å²) in [6.07, 6.45) is 1.73. The second-order valence-corrected chi connectivity index (χ2v) is 11.1. The minimum atomic E-state index is -3.53. The van der Waals surface area contributed by atoms with Gasteiger partial charge in [-0.3, -0.25) is 4.79 Å². The van der Waals surface area contributed by atoms with Crippen molar-refractivity contribution in [1.29, 1.82) is 0 Å². The van der Waals surface area contributed by atoms with E-state index in [1.165, 1.54) is 4.31 Å². The van der Waals surface area contributed by atoms with Gasteiger partial charge < -0.3 is 10.1 Å². The van der Waals surface area contributed by atoms with E-state index in [2.05, 4.69) is 5.32 Å². The van der Waals surface area contributed by atoms with Crippen LogP contribution in [0.4, 0.5) is 0 Å². The molecule has 2 aliphatic heterocycles. The molecule has 0 radical (unpaired) electrons. The lowest BCUT2D eigenvalue weighted by atomic mass is 9.88. The molecular formula is C24H30N2O4S. The second-order valence-electron chi connectivity index (χ2n) is 9.16. The van der Waals surface area contributed by atoms with Gasteiger partial charge in [-0.25, -0.2) is 8.42 Å². The highest BCUT2D eigenvalue weighted by Crippen LogP contribution is 2.39. The number of hydrogen-bond acceptors (Lipinski definition) is 4. The smallest absolute Gasteiger partial charge is 0.243 e. The molecule has 1 N–H and O–H groups in total. The van der Waals surface area contributed by atoms with Crippen molar-refractivity contribution in [2.45, 2.75) is 56.6 Å². The molecule has 1 amide bonds. The van der Waals surface area contributed by atoms with Gasteiger partial charge in [0.25, 0.3) is 0 Å². The monoisotopic (exact) mass is 442 g/mol. The van der Waals surface area contributed by atoms with Gasteiger partial charge in [0, 0.05) is 31.0 Å². The number of para-hydroxylation sites is 1. The van der Waals surface area contributed by atoms with E-state index in [1.807, 2.05) is 45.0 Å². The highest BCUT2D eigenvalue weighted by atomic mass is 32.2. The number of nitrogens with zero attached hydrogens (tertiary/aromatic N) is 1. The van der Waals surface area contributed by atoms with E-state index >= 15 is 0 Å². The molecule has 2 aromatic rings. The molecule has 31 heavy (non-hydrogen) atoms. The lowest BCUT2D eigenvalue weighted by Crippen LogP contribution is -2.46. The Morgan fingerprint density at radius 2 is 1.71 bits per heavy atom. The Balaban J connectivity index is 1.40. The predicted molar refractivity (Wildman–Crippen MR) is 119 cm³/mol. The number of carbonyl (C=O) groups is 1. The maximum absolute atomic E-state index is 13.0. The first-order chi connectivity index (χ1) is 14.7. The van der Waals surface area contributed by atoms with Gasteiger partial charge in [0.05, 0.1) is 10.9 Å². The Kier molecular flexibility index (Phi) is 5.83. The van der Waals surface area contributed by atoms with E-state index in [-0.39, 0.29) is 23.5 Å². The van der Waals surface area contributed by atoms with Crippen LogP contribution in [0.2, 0.25) is 0 Å². The molecular weight excluding hydrogens is 412 g/mol. The summed E-state index contributed by atoms with van der Waals surface area (Å²) in [5.74, 6) is 0.607. The van der Waals surface area contributed by atoms with Crippen molar-refractivity contribution in [3.05, 3.63) is 59.7 Å². The molecule has 2 heterocycles. The number of benzene rings is 2. The van der Waals surface area contributed by atoms with Gasteiger partial charge in [0.1, 0.15) is 11.4 Å². The van der Waals surface area contributed by atoms with Crippen molar-refractivity contribution in [2.75, 3.05) is 13.1 Å². The number of piperidine rings is 1. The standard InChI is InChI=1S/C24H30N2O4S/c1-17-8-10-19(11-9-17)31(28,29)26-14-12-18(13-15-26)23(27)25-21-16-24(2,3)30-22-7-5-4-6-20(21)22/h4-11,18,21H,12-16H2,1-3H3,(H,25,27)/t21-/m1/s1. The summed E-state index contributed by atoms with van der Waals surface area (Å²) < 4.78 is 33.4. The van der Waals surface area contributed by atoms with Crippen LogP contribution in [0.15, 0.2) is 53.4 Å². The van der Waals surface area contributed by atoms with Crippen LogP contribution >= 0.6 is 0 Å². The van der Waals surface area contributed by atoms with Crippen molar-refractivity contribution >= 4 is 15.9 Å². The molecule has 166 valence electrons. The lowest BCUT2D eigenvalue weighted by molar-refractivity contribution is -0.127. The van der Waals surface area contributed by atoms with Gasteiger partial charge in [-0.15, -0.1) is 0 Å². The fraction of sp³-hybridized carbons (Fsp3) is 0.458. The van der Waals surface area contributed by atoms with Crippen LogP contribution in [0.3, 0.4) is 0 Å². The fourth-order valence-electron chi connectivity index (χ4n) is 4.44. The van der Waals surface area contributed by atoms with E-state index in [4.69, 9.17) is 4.74 Å². The summed E-state index contributed by atoms with van der Waals surface area (Å²) in [5, 5.41) is 3.20. The van der Waals surface area contributed by atoms with Crippen LogP contribution in [-0.2, 0) is 14.8 Å². The molecule has 0 spiro atoms. The van der Waals surface area contributed by atoms with Gasteiger partial charge in [-0.05, 0) is 51.8 Å². The number of ether oxygens (including phenoxy) is 1. The fourth-order valence-corrected chi connectivity index (χ4v) is 5.91. The molecule has 1 saturated heterocycles. The van der Waals surface area contributed by atoms with Gasteiger partial charge in [-0.1, -0.05) is 35.9 Å². The van der Waals surface area contributed by atoms with E-state index < -0.39 is 10.0 Å². The van der Waals surface area contributed by atoms with Crippen molar-refractivity contribution in [1.82, 2.24) is 9.62 Å². The van der Waals surface area contributed by atoms with Crippen molar-refractivity contribution in [3.8, 4) is 5.75 Å². The van der Waals surface area contributed by atoms with Crippen LogP contribution in [0.5, 0.6) is 5.75 Å². The van der Waals surface area contributed by atoms with Crippen LogP contribution in [0, 0.1) is 12.8 Å². The number of aryl methyl sites for hydroxylation is 1. The molecule has 2 aromatic carbocycles. The second kappa shape index (κ2) is 8.28. The van der Waals surface area contributed by atoms with Crippen LogP contribution in [0.1, 0.15) is 50.3 Å². The highest BCUT2D eigenvalue weighted by molar-refractivity contribution is 7.89. The Morgan fingerprint density at radius 3 is 2.39 bits per heavy atom. The number of amides is 1. The normalized spacial score (nSPS) is 21.7. The van der Waals surface area contributed by atoms with E-state index in [9.17, 15) is 13.2 Å². The topological polar surface area (TPSA) is 75.7 Å². The first-order valence-corrected chi connectivity index (χ1v) is 12.2. The van der Waals surface area contributed by atoms with Gasteiger partial charge in [0.15, 0.2) is 0 Å². The quantitative estimate of drug-likeness (QED) is 0.781.